The van der Waals surface area contributed by atoms with Crippen LogP contribution in [-0.4, -0.2) is 15.7 Å². The Morgan fingerprint density at radius 1 is 1.06 bits per heavy atom. The summed E-state index contributed by atoms with van der Waals surface area (Å²) in [6.45, 7) is 6.65. The van der Waals surface area contributed by atoms with E-state index in [0.29, 0.717) is 28.7 Å². The smallest absolute Gasteiger partial charge is 0.308 e. The summed E-state index contributed by atoms with van der Waals surface area (Å²) in [7, 11) is 0. The predicted molar refractivity (Wildman–Crippen MR) is 145 cm³/mol. The second-order valence-corrected chi connectivity index (χ2v) is 13.7. The molecule has 36 heavy (non-hydrogen) atoms. The lowest BCUT2D eigenvalue weighted by atomic mass is 9.74. The van der Waals surface area contributed by atoms with Gasteiger partial charge in [0.15, 0.2) is 0 Å². The van der Waals surface area contributed by atoms with Crippen LogP contribution in [0.15, 0.2) is 58.4 Å². The first-order chi connectivity index (χ1) is 17.2. The van der Waals surface area contributed by atoms with Crippen LogP contribution in [0.3, 0.4) is 0 Å². The summed E-state index contributed by atoms with van der Waals surface area (Å²) in [6, 6.07) is 14.7. The number of rotatable bonds is 4. The van der Waals surface area contributed by atoms with Crippen molar-refractivity contribution in [1.29, 1.82) is 0 Å². The normalized spacial score (nSPS) is 26.5. The quantitative estimate of drug-likeness (QED) is 0.418. The van der Waals surface area contributed by atoms with Crippen molar-refractivity contribution >= 4 is 34.7 Å². The molecule has 0 radical (unpaired) electrons. The molecule has 4 unspecified atom stereocenters. The van der Waals surface area contributed by atoms with Gasteiger partial charge in [0.2, 0.25) is 5.91 Å². The molecular formula is C29H31FN2O2S2. The Hall–Kier alpha value is -2.38. The number of carbonyl (C=O) groups is 1. The molecule has 6 rings (SSSR count). The van der Waals surface area contributed by atoms with E-state index in [0.717, 1.165) is 9.90 Å². The van der Waals surface area contributed by atoms with Gasteiger partial charge >= 0.3 is 4.87 Å². The van der Waals surface area contributed by atoms with Crippen LogP contribution in [0.5, 0.6) is 0 Å². The van der Waals surface area contributed by atoms with E-state index in [1.165, 1.54) is 66.0 Å². The van der Waals surface area contributed by atoms with Gasteiger partial charge in [-0.05, 0) is 77.8 Å². The molecule has 3 aliphatic rings. The van der Waals surface area contributed by atoms with Crippen LogP contribution in [0.25, 0.3) is 0 Å². The van der Waals surface area contributed by atoms with Gasteiger partial charge in [-0.3, -0.25) is 14.2 Å². The van der Waals surface area contributed by atoms with E-state index in [9.17, 15) is 14.0 Å². The van der Waals surface area contributed by atoms with Crippen molar-refractivity contribution in [3.8, 4) is 0 Å². The zero-order chi connectivity index (χ0) is 25.2. The number of hydrogen-bond acceptors (Lipinski definition) is 4. The van der Waals surface area contributed by atoms with Gasteiger partial charge in [0.25, 0.3) is 0 Å². The van der Waals surface area contributed by atoms with E-state index < -0.39 is 0 Å². The van der Waals surface area contributed by atoms with Gasteiger partial charge in [-0.1, -0.05) is 56.4 Å². The highest BCUT2D eigenvalue weighted by Crippen LogP contribution is 2.64. The number of thiazole rings is 1. The van der Waals surface area contributed by atoms with Gasteiger partial charge in [0.1, 0.15) is 12.4 Å². The maximum Gasteiger partial charge on any atom is 0.308 e. The summed E-state index contributed by atoms with van der Waals surface area (Å²) in [5, 5.41) is 4.27. The Bertz CT molecular complexity index is 1350. The average Bonchev–Trinajstić information content (AvgIpc) is 3.53. The highest BCUT2D eigenvalue weighted by molar-refractivity contribution is 8.00. The minimum Gasteiger partial charge on any atom is -0.325 e. The van der Waals surface area contributed by atoms with Crippen LogP contribution < -0.4 is 10.2 Å². The lowest BCUT2D eigenvalue weighted by Crippen LogP contribution is -2.35. The van der Waals surface area contributed by atoms with Crippen molar-refractivity contribution in [3.63, 3.8) is 0 Å². The minimum absolute atomic E-state index is 0.0315. The van der Waals surface area contributed by atoms with E-state index in [4.69, 9.17) is 0 Å². The van der Waals surface area contributed by atoms with Gasteiger partial charge < -0.3 is 5.32 Å². The molecular weight excluding hydrogens is 491 g/mol. The zero-order valence-corrected chi connectivity index (χ0v) is 22.4. The van der Waals surface area contributed by atoms with Gasteiger partial charge in [-0.15, -0.1) is 11.8 Å². The Balaban J connectivity index is 1.35. The second kappa shape index (κ2) is 8.88. The first-order valence-corrected chi connectivity index (χ1v) is 14.4. The lowest BCUT2D eigenvalue weighted by molar-refractivity contribution is -0.116. The van der Waals surface area contributed by atoms with E-state index >= 15 is 0 Å². The van der Waals surface area contributed by atoms with Crippen molar-refractivity contribution in [1.82, 2.24) is 4.57 Å². The molecule has 7 heteroatoms. The molecule has 3 aromatic rings. The standard InChI is InChI=1S/C29H31FN2O2S2/c1-29(2,3)19-8-6-16(7-9-19)23-24-17-4-5-18(14-17)25(24)35-27-26(23)36-28(34)32(27)15-22(33)31-21-12-10-20(30)11-13-21/h6-13,17-18,23-25H,4-5,14-15H2,1-3H3,(H,31,33)/t17?,18?,23-,24?,25?/m0/s1. The number of halogens is 1. The van der Waals surface area contributed by atoms with E-state index in [-0.39, 0.29) is 34.5 Å². The van der Waals surface area contributed by atoms with Crippen molar-refractivity contribution in [2.24, 2.45) is 17.8 Å². The molecule has 2 heterocycles. The van der Waals surface area contributed by atoms with Crippen LogP contribution in [-0.2, 0) is 16.8 Å². The fraction of sp³-hybridized carbons (Fsp3) is 0.448. The summed E-state index contributed by atoms with van der Waals surface area (Å²) < 4.78 is 14.9. The highest BCUT2D eigenvalue weighted by atomic mass is 32.2. The number of anilines is 1. The molecule has 2 fully saturated rings. The fourth-order valence-electron chi connectivity index (χ4n) is 6.53. The molecule has 4 nitrogen and oxygen atoms in total. The largest absolute Gasteiger partial charge is 0.325 e. The zero-order valence-electron chi connectivity index (χ0n) is 20.8. The van der Waals surface area contributed by atoms with Crippen LogP contribution in [0.2, 0.25) is 0 Å². The third-order valence-electron chi connectivity index (χ3n) is 8.26. The van der Waals surface area contributed by atoms with Crippen LogP contribution >= 0.6 is 23.1 Å². The van der Waals surface area contributed by atoms with Crippen molar-refractivity contribution in [2.45, 2.75) is 68.2 Å². The number of hydrogen-bond donors (Lipinski definition) is 1. The summed E-state index contributed by atoms with van der Waals surface area (Å²) in [4.78, 5) is 27.2. The molecule has 188 valence electrons. The Morgan fingerprint density at radius 2 is 1.75 bits per heavy atom. The molecule has 0 saturated heterocycles. The number of nitrogens with zero attached hydrogens (tertiary/aromatic N) is 1. The number of thioether (sulfide) groups is 1. The molecule has 2 aliphatic carbocycles. The highest BCUT2D eigenvalue weighted by Gasteiger charge is 2.55. The number of amides is 1. The van der Waals surface area contributed by atoms with Gasteiger partial charge in [-0.25, -0.2) is 4.39 Å². The summed E-state index contributed by atoms with van der Waals surface area (Å²) in [5.41, 5.74) is 3.21. The van der Waals surface area contributed by atoms with Crippen molar-refractivity contribution in [3.05, 3.63) is 80.0 Å². The fourth-order valence-corrected chi connectivity index (χ4v) is 9.68. The maximum absolute atomic E-state index is 13.2. The number of benzene rings is 2. The van der Waals surface area contributed by atoms with Gasteiger partial charge in [0, 0.05) is 21.7 Å². The van der Waals surface area contributed by atoms with E-state index in [1.807, 2.05) is 11.8 Å². The molecule has 5 atom stereocenters. The molecule has 1 N–H and O–H groups in total. The summed E-state index contributed by atoms with van der Waals surface area (Å²) in [5.74, 6) is 1.52. The Morgan fingerprint density at radius 3 is 2.44 bits per heavy atom. The number of nitrogens with one attached hydrogen (secondary N) is 1. The van der Waals surface area contributed by atoms with Crippen molar-refractivity contribution in [2.75, 3.05) is 5.32 Å². The van der Waals surface area contributed by atoms with E-state index in [1.54, 1.807) is 4.57 Å². The first kappa shape index (κ1) is 24.0. The molecule has 2 bridgehead atoms. The first-order valence-electron chi connectivity index (χ1n) is 12.7. The molecule has 1 amide bonds. The van der Waals surface area contributed by atoms with Gasteiger partial charge in [-0.2, -0.15) is 0 Å². The Kier molecular flexibility index (Phi) is 5.91. The second-order valence-electron chi connectivity index (χ2n) is 11.5. The topological polar surface area (TPSA) is 51.1 Å². The predicted octanol–water partition coefficient (Wildman–Crippen LogP) is 6.64. The SMILES string of the molecule is CC(C)(C)c1ccc([C@@H]2c3sc(=O)n(CC(=O)Nc4ccc(F)cc4)c3SC3C4CCC(C4)C32)cc1. The molecule has 1 aliphatic heterocycles. The molecule has 2 aromatic carbocycles. The number of carbonyl (C=O) groups excluding carboxylic acids is 1. The average molecular weight is 523 g/mol. The van der Waals surface area contributed by atoms with Gasteiger partial charge in [0.05, 0.1) is 5.03 Å². The van der Waals surface area contributed by atoms with Crippen LogP contribution in [0.1, 0.15) is 62.0 Å². The maximum atomic E-state index is 13.2. The van der Waals surface area contributed by atoms with Crippen LogP contribution in [0, 0.1) is 23.6 Å². The summed E-state index contributed by atoms with van der Waals surface area (Å²) >= 11 is 3.15. The third kappa shape index (κ3) is 4.14. The van der Waals surface area contributed by atoms with E-state index in [2.05, 4.69) is 50.4 Å². The summed E-state index contributed by atoms with van der Waals surface area (Å²) in [6.07, 6.45) is 3.83. The third-order valence-corrected chi connectivity index (χ3v) is 11.1. The molecule has 1 aromatic heterocycles. The number of aromatic nitrogens is 1. The minimum atomic E-state index is -0.352. The van der Waals surface area contributed by atoms with Crippen molar-refractivity contribution < 1.29 is 9.18 Å². The monoisotopic (exact) mass is 522 g/mol. The Labute approximate surface area is 219 Å². The number of fused-ring (bicyclic) bond motifs is 6. The molecule has 2 saturated carbocycles. The van der Waals surface area contributed by atoms with Crippen LogP contribution in [0.4, 0.5) is 10.1 Å². The lowest BCUT2D eigenvalue weighted by Gasteiger charge is -2.40. The molecule has 0 spiro atoms.